The minimum atomic E-state index is -0.628. The summed E-state index contributed by atoms with van der Waals surface area (Å²) in [4.78, 5) is 47.9. The summed E-state index contributed by atoms with van der Waals surface area (Å²) in [5, 5.41) is 9.37. The highest BCUT2D eigenvalue weighted by Gasteiger charge is 2.77. The van der Waals surface area contributed by atoms with Crippen molar-refractivity contribution < 1.29 is 19.5 Å². The van der Waals surface area contributed by atoms with Crippen LogP contribution >= 0.6 is 11.8 Å². The summed E-state index contributed by atoms with van der Waals surface area (Å²) in [5.74, 6) is -1.12. The molecule has 3 saturated heterocycles. The van der Waals surface area contributed by atoms with Crippen molar-refractivity contribution >= 4 is 29.5 Å². The number of carbonyl (C=O) groups is 3. The first-order chi connectivity index (χ1) is 16.9. The number of aliphatic hydroxyl groups excluding tert-OH is 1. The van der Waals surface area contributed by atoms with Crippen LogP contribution in [-0.2, 0) is 14.4 Å². The van der Waals surface area contributed by atoms with Crippen LogP contribution in [0.1, 0.15) is 66.7 Å². The fourth-order valence-corrected chi connectivity index (χ4v) is 8.94. The van der Waals surface area contributed by atoms with Crippen molar-refractivity contribution in [1.29, 1.82) is 0 Å². The highest BCUT2D eigenvalue weighted by Crippen LogP contribution is 2.71. The molecule has 8 heteroatoms. The summed E-state index contributed by atoms with van der Waals surface area (Å²) in [6.07, 6.45) is 7.03. The van der Waals surface area contributed by atoms with Gasteiger partial charge in [-0.3, -0.25) is 14.4 Å². The maximum Gasteiger partial charge on any atom is 0.247 e. The van der Waals surface area contributed by atoms with Gasteiger partial charge in [-0.2, -0.15) is 0 Å². The van der Waals surface area contributed by atoms with Gasteiger partial charge in [-0.1, -0.05) is 19.1 Å². The molecule has 0 aromatic heterocycles. The average Bonchev–Trinajstić information content (AvgIpc) is 3.37. The molecule has 7 nitrogen and oxygen atoms in total. The van der Waals surface area contributed by atoms with Crippen LogP contribution in [0.4, 0.5) is 0 Å². The van der Waals surface area contributed by atoms with E-state index in [2.05, 4.69) is 20.1 Å². The molecule has 5 atom stereocenters. The predicted octanol–water partition coefficient (Wildman–Crippen LogP) is 3.48. The zero-order chi connectivity index (χ0) is 26.9. The molecule has 2 unspecified atom stereocenters. The zero-order valence-electron chi connectivity index (χ0n) is 22.8. The van der Waals surface area contributed by atoms with E-state index < -0.39 is 28.2 Å². The standard InChI is InChI=1S/C28H45N3O4S/c1-8-15-29(16-9-2)23(33)20-21-24(34)30(18-11-12-19-32)22(28(21)14-13-27(20,7)36-28)25(35)31(17-10-3)26(4,5)6/h8,10,20-22,32H,1,3,9,11-19H2,2,4-7H3/t20-,21+,22?,27+,28?/m1/s1. The smallest absolute Gasteiger partial charge is 0.247 e. The molecule has 202 valence electrons. The number of carbonyl (C=O) groups excluding carboxylic acids is 3. The summed E-state index contributed by atoms with van der Waals surface area (Å²) < 4.78 is -1.01. The van der Waals surface area contributed by atoms with Gasteiger partial charge in [0.05, 0.1) is 16.6 Å². The maximum atomic E-state index is 14.3. The van der Waals surface area contributed by atoms with Gasteiger partial charge in [0.25, 0.3) is 0 Å². The molecule has 3 rings (SSSR count). The van der Waals surface area contributed by atoms with Crippen LogP contribution in [-0.4, -0.2) is 91.4 Å². The lowest BCUT2D eigenvalue weighted by Gasteiger charge is -2.42. The predicted molar refractivity (Wildman–Crippen MR) is 145 cm³/mol. The summed E-state index contributed by atoms with van der Waals surface area (Å²) in [6.45, 7) is 19.8. The fourth-order valence-electron chi connectivity index (χ4n) is 6.60. The number of hydrogen-bond acceptors (Lipinski definition) is 5. The number of amides is 3. The third-order valence-electron chi connectivity index (χ3n) is 8.13. The molecule has 3 aliphatic rings. The quantitative estimate of drug-likeness (QED) is 0.315. The van der Waals surface area contributed by atoms with E-state index in [1.54, 1.807) is 28.8 Å². The Balaban J connectivity index is 2.09. The van der Waals surface area contributed by atoms with Crippen molar-refractivity contribution in [2.75, 3.05) is 32.8 Å². The molecule has 1 spiro atoms. The number of likely N-dealkylation sites (tertiary alicyclic amines) is 1. The second kappa shape index (κ2) is 10.9. The monoisotopic (exact) mass is 519 g/mol. The molecule has 2 bridgehead atoms. The van der Waals surface area contributed by atoms with Crippen molar-refractivity contribution in [3.8, 4) is 0 Å². The summed E-state index contributed by atoms with van der Waals surface area (Å²) in [5.41, 5.74) is -0.442. The number of rotatable bonds is 12. The highest BCUT2D eigenvalue weighted by atomic mass is 32.2. The Morgan fingerprint density at radius 1 is 1.17 bits per heavy atom. The SMILES string of the molecule is C=CCN(CCC)C(=O)[C@H]1[C@H]2C(=O)N(CCCCO)C(C(=O)N(CC=C)C(C)(C)C)C23CC[C@]1(C)S3. The number of aliphatic hydroxyl groups is 1. The Morgan fingerprint density at radius 3 is 2.39 bits per heavy atom. The Morgan fingerprint density at radius 2 is 1.83 bits per heavy atom. The first-order valence-electron chi connectivity index (χ1n) is 13.4. The Hall–Kier alpha value is -1.80. The molecule has 3 fully saturated rings. The van der Waals surface area contributed by atoms with Crippen molar-refractivity contribution in [3.05, 3.63) is 25.3 Å². The lowest BCUT2D eigenvalue weighted by Crippen LogP contribution is -2.59. The van der Waals surface area contributed by atoms with Crippen LogP contribution in [0.15, 0.2) is 25.3 Å². The van der Waals surface area contributed by atoms with Crippen molar-refractivity contribution in [3.63, 3.8) is 0 Å². The largest absolute Gasteiger partial charge is 0.396 e. The molecule has 0 aliphatic carbocycles. The third kappa shape index (κ3) is 4.75. The number of fused-ring (bicyclic) bond motifs is 1. The summed E-state index contributed by atoms with van der Waals surface area (Å²) >= 11 is 1.71. The van der Waals surface area contributed by atoms with Crippen LogP contribution < -0.4 is 0 Å². The lowest BCUT2D eigenvalue weighted by molar-refractivity contribution is -0.146. The van der Waals surface area contributed by atoms with Gasteiger partial charge in [0.2, 0.25) is 17.7 Å². The summed E-state index contributed by atoms with van der Waals surface area (Å²) in [6, 6.07) is -0.628. The van der Waals surface area contributed by atoms with E-state index in [0.717, 1.165) is 19.3 Å². The minimum absolute atomic E-state index is 0.00820. The Kier molecular flexibility index (Phi) is 8.71. The average molecular weight is 520 g/mol. The van der Waals surface area contributed by atoms with Gasteiger partial charge < -0.3 is 19.8 Å². The second-order valence-electron chi connectivity index (χ2n) is 11.7. The lowest BCUT2D eigenvalue weighted by atomic mass is 9.66. The first-order valence-corrected chi connectivity index (χ1v) is 14.2. The van der Waals surface area contributed by atoms with Gasteiger partial charge in [-0.25, -0.2) is 0 Å². The van der Waals surface area contributed by atoms with Gasteiger partial charge in [0, 0.05) is 43.1 Å². The van der Waals surface area contributed by atoms with E-state index >= 15 is 0 Å². The molecule has 3 aliphatic heterocycles. The van der Waals surface area contributed by atoms with E-state index in [0.29, 0.717) is 39.0 Å². The zero-order valence-corrected chi connectivity index (χ0v) is 23.6. The van der Waals surface area contributed by atoms with Gasteiger partial charge in [-0.05, 0) is 59.8 Å². The second-order valence-corrected chi connectivity index (χ2v) is 13.6. The molecular weight excluding hydrogens is 474 g/mol. The van der Waals surface area contributed by atoms with Crippen molar-refractivity contribution in [2.45, 2.75) is 87.8 Å². The topological polar surface area (TPSA) is 81.2 Å². The minimum Gasteiger partial charge on any atom is -0.396 e. The molecule has 3 amide bonds. The Labute approximate surface area is 221 Å². The first kappa shape index (κ1) is 28.8. The van der Waals surface area contributed by atoms with Crippen molar-refractivity contribution in [1.82, 2.24) is 14.7 Å². The molecule has 1 N–H and O–H groups in total. The molecule has 36 heavy (non-hydrogen) atoms. The molecule has 0 radical (unpaired) electrons. The number of thioether (sulfide) groups is 1. The molecule has 0 saturated carbocycles. The van der Waals surface area contributed by atoms with E-state index in [4.69, 9.17) is 0 Å². The van der Waals surface area contributed by atoms with Gasteiger partial charge in [0.1, 0.15) is 6.04 Å². The molecular formula is C28H45N3O4S. The normalized spacial score (nSPS) is 30.9. The molecule has 0 aromatic carbocycles. The van der Waals surface area contributed by atoms with Crippen LogP contribution in [0.3, 0.4) is 0 Å². The van der Waals surface area contributed by atoms with Crippen LogP contribution in [0, 0.1) is 11.8 Å². The van der Waals surface area contributed by atoms with Crippen LogP contribution in [0.2, 0.25) is 0 Å². The third-order valence-corrected chi connectivity index (χ3v) is 10.1. The van der Waals surface area contributed by atoms with Crippen molar-refractivity contribution in [2.24, 2.45) is 11.8 Å². The van der Waals surface area contributed by atoms with Crippen LogP contribution in [0.25, 0.3) is 0 Å². The van der Waals surface area contributed by atoms with E-state index in [9.17, 15) is 19.5 Å². The fraction of sp³-hybridized carbons (Fsp3) is 0.750. The van der Waals surface area contributed by atoms with Crippen LogP contribution in [0.5, 0.6) is 0 Å². The maximum absolute atomic E-state index is 14.3. The summed E-state index contributed by atoms with van der Waals surface area (Å²) in [7, 11) is 0. The number of nitrogens with zero attached hydrogens (tertiary/aromatic N) is 3. The number of hydrogen-bond donors (Lipinski definition) is 1. The van der Waals surface area contributed by atoms with Gasteiger partial charge >= 0.3 is 0 Å². The molecule has 0 aromatic rings. The van der Waals surface area contributed by atoms with E-state index in [1.807, 2.05) is 37.5 Å². The van der Waals surface area contributed by atoms with Gasteiger partial charge in [0.15, 0.2) is 0 Å². The Bertz CT molecular complexity index is 887. The number of unbranched alkanes of at least 4 members (excludes halogenated alkanes) is 1. The van der Waals surface area contributed by atoms with E-state index in [1.165, 1.54) is 0 Å². The highest BCUT2D eigenvalue weighted by molar-refractivity contribution is 8.02. The molecule has 3 heterocycles. The van der Waals surface area contributed by atoms with E-state index in [-0.39, 0.29) is 29.1 Å². The van der Waals surface area contributed by atoms with Gasteiger partial charge in [-0.15, -0.1) is 24.9 Å².